The van der Waals surface area contributed by atoms with Gasteiger partial charge in [0, 0.05) is 6.20 Å². The van der Waals surface area contributed by atoms with E-state index >= 15 is 0 Å². The average molecular weight is 267 g/mol. The zero-order valence-electron chi connectivity index (χ0n) is 9.45. The first-order chi connectivity index (χ1) is 9.00. The number of pyridine rings is 1. The quantitative estimate of drug-likeness (QED) is 0.820. The Kier molecular flexibility index (Phi) is 3.37. The monoisotopic (exact) mass is 267 g/mol. The van der Waals surface area contributed by atoms with Gasteiger partial charge in [-0.1, -0.05) is 0 Å². The van der Waals surface area contributed by atoms with Gasteiger partial charge in [0.15, 0.2) is 11.6 Å². The first-order valence-corrected chi connectivity index (χ1v) is 5.15. The first-order valence-electron chi connectivity index (χ1n) is 5.15. The molecule has 0 saturated heterocycles. The van der Waals surface area contributed by atoms with Gasteiger partial charge in [-0.3, -0.25) is 9.78 Å². The van der Waals surface area contributed by atoms with Gasteiger partial charge < -0.3 is 11.1 Å². The minimum absolute atomic E-state index is 0.235. The predicted molar refractivity (Wildman–Crippen MR) is 62.9 cm³/mol. The molecule has 0 spiro atoms. The zero-order chi connectivity index (χ0) is 14.0. The number of benzene rings is 1. The van der Waals surface area contributed by atoms with Gasteiger partial charge in [0.1, 0.15) is 11.4 Å². The minimum Gasteiger partial charge on any atom is -0.396 e. The summed E-state index contributed by atoms with van der Waals surface area (Å²) in [6.07, 6.45) is 2.09. The highest BCUT2D eigenvalue weighted by Gasteiger charge is 2.20. The molecule has 19 heavy (non-hydrogen) atoms. The number of anilines is 2. The lowest BCUT2D eigenvalue weighted by molar-refractivity contribution is 0.101. The van der Waals surface area contributed by atoms with E-state index in [9.17, 15) is 18.0 Å². The van der Waals surface area contributed by atoms with Gasteiger partial charge in [-0.2, -0.15) is 0 Å². The fourth-order valence-corrected chi connectivity index (χ4v) is 1.44. The van der Waals surface area contributed by atoms with Crippen LogP contribution in [-0.4, -0.2) is 10.9 Å². The van der Waals surface area contributed by atoms with Crippen molar-refractivity contribution in [2.24, 2.45) is 0 Å². The third kappa shape index (κ3) is 2.49. The van der Waals surface area contributed by atoms with Crippen molar-refractivity contribution in [2.75, 3.05) is 11.1 Å². The van der Waals surface area contributed by atoms with Gasteiger partial charge in [-0.05, 0) is 18.2 Å². The molecule has 3 N–H and O–H groups in total. The van der Waals surface area contributed by atoms with Crippen molar-refractivity contribution in [3.05, 3.63) is 53.6 Å². The molecule has 0 fully saturated rings. The number of carbonyl (C=O) groups is 1. The molecule has 4 nitrogen and oxygen atoms in total. The highest BCUT2D eigenvalue weighted by molar-refractivity contribution is 6.05. The molecule has 1 heterocycles. The molecule has 0 atom stereocenters. The Labute approximate surface area is 106 Å². The molecule has 2 aromatic rings. The van der Waals surface area contributed by atoms with Crippen LogP contribution < -0.4 is 11.1 Å². The molecule has 0 unspecified atom stereocenters. The summed E-state index contributed by atoms with van der Waals surface area (Å²) in [7, 11) is 0. The van der Waals surface area contributed by atoms with E-state index in [2.05, 4.69) is 4.98 Å². The van der Waals surface area contributed by atoms with E-state index in [1.807, 2.05) is 5.32 Å². The largest absolute Gasteiger partial charge is 0.396 e. The van der Waals surface area contributed by atoms with Crippen molar-refractivity contribution in [2.45, 2.75) is 0 Å². The molecule has 0 radical (unpaired) electrons. The normalized spacial score (nSPS) is 10.3. The van der Waals surface area contributed by atoms with Gasteiger partial charge in [0.2, 0.25) is 0 Å². The summed E-state index contributed by atoms with van der Waals surface area (Å²) in [6.45, 7) is 0. The number of hydrogen-bond acceptors (Lipinski definition) is 3. The molecule has 1 aromatic carbocycles. The number of nitrogens with two attached hydrogens (primary N) is 1. The van der Waals surface area contributed by atoms with Crippen LogP contribution in [0.4, 0.5) is 24.5 Å². The molecular weight excluding hydrogens is 259 g/mol. The molecule has 0 aliphatic carbocycles. The zero-order valence-corrected chi connectivity index (χ0v) is 9.45. The number of carbonyl (C=O) groups excluding carboxylic acids is 1. The molecule has 0 saturated carbocycles. The van der Waals surface area contributed by atoms with Crippen molar-refractivity contribution in [1.29, 1.82) is 0 Å². The molecule has 0 aliphatic heterocycles. The highest BCUT2D eigenvalue weighted by Crippen LogP contribution is 2.20. The van der Waals surface area contributed by atoms with Crippen molar-refractivity contribution < 1.29 is 18.0 Å². The second kappa shape index (κ2) is 4.97. The summed E-state index contributed by atoms with van der Waals surface area (Å²) in [6, 6.07) is 3.01. The lowest BCUT2D eigenvalue weighted by Crippen LogP contribution is -2.17. The van der Waals surface area contributed by atoms with Crippen LogP contribution in [0.25, 0.3) is 0 Å². The summed E-state index contributed by atoms with van der Waals surface area (Å²) in [5.41, 5.74) is 3.77. The van der Waals surface area contributed by atoms with Crippen LogP contribution in [-0.2, 0) is 0 Å². The summed E-state index contributed by atoms with van der Waals surface area (Å²) in [4.78, 5) is 15.2. The van der Waals surface area contributed by atoms with Crippen LogP contribution in [0, 0.1) is 17.5 Å². The van der Waals surface area contributed by atoms with E-state index in [1.54, 1.807) is 0 Å². The Morgan fingerprint density at radius 3 is 2.58 bits per heavy atom. The molecule has 2 rings (SSSR count). The maximum absolute atomic E-state index is 13.6. The number of aromatic nitrogens is 1. The Hall–Kier alpha value is -2.57. The smallest absolute Gasteiger partial charge is 0.261 e. The van der Waals surface area contributed by atoms with Crippen molar-refractivity contribution >= 4 is 17.3 Å². The fraction of sp³-hybridized carbons (Fsp3) is 0. The number of halogens is 3. The molecule has 0 aliphatic rings. The molecular formula is C12H8F3N3O. The Morgan fingerprint density at radius 1 is 1.16 bits per heavy atom. The molecule has 1 amide bonds. The van der Waals surface area contributed by atoms with Gasteiger partial charge in [-0.25, -0.2) is 13.2 Å². The van der Waals surface area contributed by atoms with Crippen LogP contribution in [0.1, 0.15) is 10.4 Å². The number of amides is 1. The lowest BCUT2D eigenvalue weighted by atomic mass is 10.1. The molecule has 1 aromatic heterocycles. The van der Waals surface area contributed by atoms with Crippen molar-refractivity contribution in [3.63, 3.8) is 0 Å². The first kappa shape index (κ1) is 12.9. The van der Waals surface area contributed by atoms with Crippen LogP contribution in [0.2, 0.25) is 0 Å². The lowest BCUT2D eigenvalue weighted by Gasteiger charge is -2.08. The minimum atomic E-state index is -1.19. The second-order valence-electron chi connectivity index (χ2n) is 3.64. The van der Waals surface area contributed by atoms with E-state index in [1.165, 1.54) is 6.20 Å². The van der Waals surface area contributed by atoms with Gasteiger partial charge >= 0.3 is 0 Å². The summed E-state index contributed by atoms with van der Waals surface area (Å²) < 4.78 is 40.3. The molecule has 98 valence electrons. The number of hydrogen-bond donors (Lipinski definition) is 2. The Morgan fingerprint density at radius 2 is 1.89 bits per heavy atom. The summed E-state index contributed by atoms with van der Waals surface area (Å²) >= 11 is 0. The number of nitrogens with one attached hydrogen (secondary N) is 1. The Bertz CT molecular complexity index is 646. The maximum Gasteiger partial charge on any atom is 0.261 e. The van der Waals surface area contributed by atoms with E-state index in [4.69, 9.17) is 5.73 Å². The third-order valence-corrected chi connectivity index (χ3v) is 2.37. The average Bonchev–Trinajstić information content (AvgIpc) is 2.37. The molecule has 7 heteroatoms. The van der Waals surface area contributed by atoms with Gasteiger partial charge in [-0.15, -0.1) is 0 Å². The van der Waals surface area contributed by atoms with E-state index in [-0.39, 0.29) is 11.4 Å². The topological polar surface area (TPSA) is 68.0 Å². The summed E-state index contributed by atoms with van der Waals surface area (Å²) in [5, 5.41) is 2.05. The van der Waals surface area contributed by atoms with Crippen LogP contribution in [0.5, 0.6) is 0 Å². The fourth-order valence-electron chi connectivity index (χ4n) is 1.44. The number of nitrogens with zero attached hydrogens (tertiary/aromatic N) is 1. The van der Waals surface area contributed by atoms with E-state index < -0.39 is 28.9 Å². The summed E-state index contributed by atoms with van der Waals surface area (Å²) in [5.74, 6) is -4.22. The van der Waals surface area contributed by atoms with E-state index in [0.29, 0.717) is 0 Å². The predicted octanol–water partition coefficient (Wildman–Crippen LogP) is 2.33. The number of rotatable bonds is 2. The Balaban J connectivity index is 2.36. The maximum atomic E-state index is 13.6. The highest BCUT2D eigenvalue weighted by atomic mass is 19.1. The van der Waals surface area contributed by atoms with Crippen LogP contribution >= 0.6 is 0 Å². The second-order valence-corrected chi connectivity index (χ2v) is 3.64. The van der Waals surface area contributed by atoms with E-state index in [0.717, 1.165) is 24.4 Å². The third-order valence-electron chi connectivity index (χ3n) is 2.37. The standard InChI is InChI=1S/C12H8F3N3O/c13-6-1-2-8(16)11(15)10(6)12(19)18-9-3-4-17-5-7(9)14/h1-5H,16H2,(H,17,18,19). The van der Waals surface area contributed by atoms with Gasteiger partial charge in [0.05, 0.1) is 17.6 Å². The van der Waals surface area contributed by atoms with Crippen molar-refractivity contribution in [3.8, 4) is 0 Å². The van der Waals surface area contributed by atoms with Crippen LogP contribution in [0.3, 0.4) is 0 Å². The van der Waals surface area contributed by atoms with Crippen LogP contribution in [0.15, 0.2) is 30.6 Å². The van der Waals surface area contributed by atoms with Crippen molar-refractivity contribution in [1.82, 2.24) is 4.98 Å². The number of nitrogen functional groups attached to an aromatic ring is 1. The SMILES string of the molecule is Nc1ccc(F)c(C(=O)Nc2ccncc2F)c1F. The van der Waals surface area contributed by atoms with Gasteiger partial charge in [0.25, 0.3) is 5.91 Å². The molecule has 0 bridgehead atoms.